The van der Waals surface area contributed by atoms with E-state index in [1.807, 2.05) is 19.1 Å². The first-order chi connectivity index (χ1) is 8.90. The molecule has 1 unspecified atom stereocenters. The van der Waals surface area contributed by atoms with Crippen LogP contribution in [0.1, 0.15) is 22.8 Å². The van der Waals surface area contributed by atoms with Crippen molar-refractivity contribution in [2.45, 2.75) is 13.0 Å². The van der Waals surface area contributed by atoms with Gasteiger partial charge in [-0.25, -0.2) is 8.78 Å². The largest absolute Gasteiger partial charge is 0.384 e. The number of hydrogen-bond acceptors (Lipinski definition) is 1. The first-order valence-electron chi connectivity index (χ1n) is 5.48. The molecule has 2 aromatic rings. The van der Waals surface area contributed by atoms with Gasteiger partial charge in [0.1, 0.15) is 6.10 Å². The van der Waals surface area contributed by atoms with Crippen molar-refractivity contribution in [2.24, 2.45) is 0 Å². The molecule has 0 aliphatic carbocycles. The predicted molar refractivity (Wildman–Crippen MR) is 74.3 cm³/mol. The number of benzene rings is 2. The van der Waals surface area contributed by atoms with Gasteiger partial charge in [-0.3, -0.25) is 0 Å². The Hall–Kier alpha value is -0.970. The average molecular weight is 348 g/mol. The summed E-state index contributed by atoms with van der Waals surface area (Å²) in [6, 6.07) is 7.12. The standard InChI is InChI=1S/C14H10BrClF2O/c1-7-2-3-8(10(15)4-7)14(19)9-5-12(17)13(18)6-11(9)16/h2-6,14,19H,1H3. The maximum absolute atomic E-state index is 13.2. The van der Waals surface area contributed by atoms with Gasteiger partial charge in [0.15, 0.2) is 11.6 Å². The molecule has 0 heterocycles. The van der Waals surface area contributed by atoms with Crippen LogP contribution in [0.3, 0.4) is 0 Å². The molecule has 1 atom stereocenters. The summed E-state index contributed by atoms with van der Waals surface area (Å²) >= 11 is 9.18. The molecule has 0 radical (unpaired) electrons. The average Bonchev–Trinajstić information content (AvgIpc) is 2.33. The molecule has 19 heavy (non-hydrogen) atoms. The van der Waals surface area contributed by atoms with Crippen LogP contribution in [0.5, 0.6) is 0 Å². The second kappa shape index (κ2) is 5.57. The summed E-state index contributed by atoms with van der Waals surface area (Å²) in [5.41, 5.74) is 1.68. The van der Waals surface area contributed by atoms with Crippen LogP contribution < -0.4 is 0 Å². The quantitative estimate of drug-likeness (QED) is 0.776. The molecule has 0 fully saturated rings. The molecule has 1 N–H and O–H groups in total. The van der Waals surface area contributed by atoms with E-state index in [0.717, 1.165) is 17.7 Å². The second-order valence-corrected chi connectivity index (χ2v) is 5.48. The molecule has 2 rings (SSSR count). The zero-order chi connectivity index (χ0) is 14.2. The molecule has 2 aromatic carbocycles. The fourth-order valence-corrected chi connectivity index (χ4v) is 2.73. The Kier molecular flexibility index (Phi) is 4.23. The van der Waals surface area contributed by atoms with E-state index < -0.39 is 17.7 Å². The molecule has 100 valence electrons. The summed E-state index contributed by atoms with van der Waals surface area (Å²) in [6.45, 7) is 1.91. The van der Waals surface area contributed by atoms with Gasteiger partial charge in [0, 0.05) is 15.1 Å². The lowest BCUT2D eigenvalue weighted by atomic mass is 10.0. The van der Waals surface area contributed by atoms with Gasteiger partial charge in [0.05, 0.1) is 0 Å². The van der Waals surface area contributed by atoms with Crippen molar-refractivity contribution >= 4 is 27.5 Å². The van der Waals surface area contributed by atoms with Crippen LogP contribution in [0.15, 0.2) is 34.8 Å². The zero-order valence-corrected chi connectivity index (χ0v) is 12.3. The molecule has 0 saturated carbocycles. The molecular formula is C14H10BrClF2O. The Bertz CT molecular complexity index is 631. The van der Waals surface area contributed by atoms with Crippen molar-refractivity contribution in [3.63, 3.8) is 0 Å². The van der Waals surface area contributed by atoms with E-state index in [-0.39, 0.29) is 10.6 Å². The van der Waals surface area contributed by atoms with Crippen molar-refractivity contribution < 1.29 is 13.9 Å². The normalized spacial score (nSPS) is 12.5. The fraction of sp³-hybridized carbons (Fsp3) is 0.143. The lowest BCUT2D eigenvalue weighted by molar-refractivity contribution is 0.219. The minimum Gasteiger partial charge on any atom is -0.384 e. The first kappa shape index (κ1) is 14.4. The molecule has 0 bridgehead atoms. The van der Waals surface area contributed by atoms with Gasteiger partial charge in [-0.05, 0) is 36.2 Å². The highest BCUT2D eigenvalue weighted by Crippen LogP contribution is 2.33. The Balaban J connectivity index is 2.49. The van der Waals surface area contributed by atoms with E-state index in [0.29, 0.717) is 10.0 Å². The van der Waals surface area contributed by atoms with Crippen molar-refractivity contribution in [2.75, 3.05) is 0 Å². The molecule has 0 amide bonds. The van der Waals surface area contributed by atoms with Gasteiger partial charge in [-0.1, -0.05) is 39.7 Å². The van der Waals surface area contributed by atoms with Crippen LogP contribution in [-0.2, 0) is 0 Å². The number of aliphatic hydroxyl groups excluding tert-OH is 1. The highest BCUT2D eigenvalue weighted by atomic mass is 79.9. The smallest absolute Gasteiger partial charge is 0.160 e. The Morgan fingerprint density at radius 3 is 2.37 bits per heavy atom. The Morgan fingerprint density at radius 1 is 1.11 bits per heavy atom. The number of aryl methyl sites for hydroxylation is 1. The first-order valence-corrected chi connectivity index (χ1v) is 6.66. The zero-order valence-electron chi connectivity index (χ0n) is 9.92. The molecule has 0 spiro atoms. The topological polar surface area (TPSA) is 20.2 Å². The van der Waals surface area contributed by atoms with E-state index in [2.05, 4.69) is 15.9 Å². The number of aliphatic hydroxyl groups is 1. The van der Waals surface area contributed by atoms with Crippen LogP contribution in [-0.4, -0.2) is 5.11 Å². The maximum Gasteiger partial charge on any atom is 0.160 e. The lowest BCUT2D eigenvalue weighted by Gasteiger charge is -2.15. The van der Waals surface area contributed by atoms with Crippen LogP contribution in [0.2, 0.25) is 5.02 Å². The Morgan fingerprint density at radius 2 is 1.74 bits per heavy atom. The lowest BCUT2D eigenvalue weighted by Crippen LogP contribution is -2.03. The number of rotatable bonds is 2. The van der Waals surface area contributed by atoms with Crippen LogP contribution in [0.25, 0.3) is 0 Å². The fourth-order valence-electron chi connectivity index (χ4n) is 1.77. The molecule has 0 aromatic heterocycles. The summed E-state index contributed by atoms with van der Waals surface area (Å²) in [5.74, 6) is -2.08. The van der Waals surface area contributed by atoms with Gasteiger partial charge in [0.25, 0.3) is 0 Å². The molecule has 0 saturated heterocycles. The van der Waals surface area contributed by atoms with Crippen LogP contribution >= 0.6 is 27.5 Å². The van der Waals surface area contributed by atoms with Crippen molar-refractivity contribution in [1.82, 2.24) is 0 Å². The van der Waals surface area contributed by atoms with Crippen molar-refractivity contribution in [1.29, 1.82) is 0 Å². The van der Waals surface area contributed by atoms with Gasteiger partial charge in [-0.15, -0.1) is 0 Å². The molecule has 5 heteroatoms. The third-order valence-electron chi connectivity index (χ3n) is 2.78. The monoisotopic (exact) mass is 346 g/mol. The summed E-state index contributed by atoms with van der Waals surface area (Å²) in [5, 5.41) is 10.2. The minimum absolute atomic E-state index is 0.0149. The van der Waals surface area contributed by atoms with E-state index in [9.17, 15) is 13.9 Å². The highest BCUT2D eigenvalue weighted by molar-refractivity contribution is 9.10. The molecular weight excluding hydrogens is 338 g/mol. The SMILES string of the molecule is Cc1ccc(C(O)c2cc(F)c(F)cc2Cl)c(Br)c1. The number of hydrogen-bond donors (Lipinski definition) is 1. The molecule has 0 aliphatic heterocycles. The summed E-state index contributed by atoms with van der Waals surface area (Å²) in [6.07, 6.45) is -1.13. The summed E-state index contributed by atoms with van der Waals surface area (Å²) < 4.78 is 26.9. The van der Waals surface area contributed by atoms with Gasteiger partial charge in [-0.2, -0.15) is 0 Å². The van der Waals surface area contributed by atoms with Crippen molar-refractivity contribution in [3.8, 4) is 0 Å². The van der Waals surface area contributed by atoms with Gasteiger partial charge < -0.3 is 5.11 Å². The van der Waals surface area contributed by atoms with Gasteiger partial charge in [0.2, 0.25) is 0 Å². The van der Waals surface area contributed by atoms with Crippen LogP contribution in [0, 0.1) is 18.6 Å². The maximum atomic E-state index is 13.2. The van der Waals surface area contributed by atoms with Crippen molar-refractivity contribution in [3.05, 3.63) is 68.2 Å². The van der Waals surface area contributed by atoms with E-state index in [1.54, 1.807) is 6.07 Å². The minimum atomic E-state index is -1.13. The third-order valence-corrected chi connectivity index (χ3v) is 3.80. The summed E-state index contributed by atoms with van der Waals surface area (Å²) in [4.78, 5) is 0. The molecule has 0 aliphatic rings. The second-order valence-electron chi connectivity index (χ2n) is 4.22. The van der Waals surface area contributed by atoms with E-state index >= 15 is 0 Å². The van der Waals surface area contributed by atoms with E-state index in [4.69, 9.17) is 11.6 Å². The number of halogens is 4. The Labute approximate surface area is 123 Å². The highest BCUT2D eigenvalue weighted by Gasteiger charge is 2.19. The van der Waals surface area contributed by atoms with Crippen LogP contribution in [0.4, 0.5) is 8.78 Å². The molecule has 1 nitrogen and oxygen atoms in total. The summed E-state index contributed by atoms with van der Waals surface area (Å²) in [7, 11) is 0. The van der Waals surface area contributed by atoms with E-state index in [1.165, 1.54) is 0 Å². The van der Waals surface area contributed by atoms with Gasteiger partial charge >= 0.3 is 0 Å². The third kappa shape index (κ3) is 2.96. The predicted octanol–water partition coefficient (Wildman–Crippen LogP) is 4.77.